The highest BCUT2D eigenvalue weighted by Crippen LogP contribution is 2.14. The van der Waals surface area contributed by atoms with E-state index < -0.39 is 0 Å². The smallest absolute Gasteiger partial charge is 0.334 e. The molecule has 0 saturated heterocycles. The van der Waals surface area contributed by atoms with Crippen LogP contribution in [0.3, 0.4) is 0 Å². The minimum atomic E-state index is -0.326. The third-order valence-corrected chi connectivity index (χ3v) is 5.34. The molecule has 0 N–H and O–H groups in total. The van der Waals surface area contributed by atoms with Gasteiger partial charge in [0.25, 0.3) is 0 Å². The number of nitrogens with zero attached hydrogens (tertiary/aromatic N) is 1. The summed E-state index contributed by atoms with van der Waals surface area (Å²) in [5.74, 6) is -0.326. The molecule has 0 spiro atoms. The van der Waals surface area contributed by atoms with Crippen molar-refractivity contribution >= 4 is 5.97 Å². The first-order valence-electron chi connectivity index (χ1n) is 11.6. The van der Waals surface area contributed by atoms with Crippen LogP contribution >= 0.6 is 0 Å². The molecule has 0 aromatic carbocycles. The first-order valence-corrected chi connectivity index (χ1v) is 11.6. The summed E-state index contributed by atoms with van der Waals surface area (Å²) in [4.78, 5) is 11.1. The van der Waals surface area contributed by atoms with Crippen molar-refractivity contribution in [1.29, 1.82) is 0 Å². The highest BCUT2D eigenvalue weighted by atomic mass is 16.5. The second-order valence-corrected chi connectivity index (χ2v) is 8.76. The van der Waals surface area contributed by atoms with E-state index in [4.69, 9.17) is 4.74 Å². The third-order valence-electron chi connectivity index (χ3n) is 5.34. The second-order valence-electron chi connectivity index (χ2n) is 8.76. The summed E-state index contributed by atoms with van der Waals surface area (Å²) in [5, 5.41) is 0. The average Bonchev–Trinajstić information content (AvgIpc) is 2.65. The number of rotatable bonds is 20. The van der Waals surface area contributed by atoms with E-state index in [1.54, 1.807) is 0 Å². The van der Waals surface area contributed by atoms with Gasteiger partial charge in [-0.05, 0) is 12.8 Å². The quantitative estimate of drug-likeness (QED) is 0.0744. The first kappa shape index (κ1) is 26.2. The van der Waals surface area contributed by atoms with Gasteiger partial charge in [-0.1, -0.05) is 103 Å². The van der Waals surface area contributed by atoms with E-state index in [9.17, 15) is 4.79 Å². The summed E-state index contributed by atoms with van der Waals surface area (Å²) >= 11 is 0. The molecular formula is C24H48NO2+. The number of esters is 1. The Morgan fingerprint density at radius 3 is 1.48 bits per heavy atom. The van der Waals surface area contributed by atoms with Crippen LogP contribution in [0.2, 0.25) is 0 Å². The number of ether oxygens (including phenoxy) is 1. The van der Waals surface area contributed by atoms with Crippen LogP contribution in [-0.2, 0) is 9.53 Å². The van der Waals surface area contributed by atoms with Crippen molar-refractivity contribution in [2.24, 2.45) is 0 Å². The van der Waals surface area contributed by atoms with Gasteiger partial charge in [-0.3, -0.25) is 4.48 Å². The zero-order valence-corrected chi connectivity index (χ0v) is 18.8. The molecule has 0 saturated carbocycles. The van der Waals surface area contributed by atoms with Crippen molar-refractivity contribution in [3.05, 3.63) is 12.7 Å². The fourth-order valence-corrected chi connectivity index (χ4v) is 3.45. The Hall–Kier alpha value is -0.830. The standard InChI is InChI=1S/C24H48NO2/c1-5-7-8-9-10-11-12-13-14-15-16-17-18-19-20-21-22-25(3,4)23-27-24(26)6-2/h6H,2,5,7-23H2,1,3-4H3/q+1. The fourth-order valence-electron chi connectivity index (χ4n) is 3.45. The van der Waals surface area contributed by atoms with Gasteiger partial charge in [0.1, 0.15) is 0 Å². The van der Waals surface area contributed by atoms with E-state index in [-0.39, 0.29) is 5.97 Å². The van der Waals surface area contributed by atoms with Crippen LogP contribution in [0.15, 0.2) is 12.7 Å². The van der Waals surface area contributed by atoms with Gasteiger partial charge in [-0.2, -0.15) is 0 Å². The molecule has 0 heterocycles. The zero-order valence-electron chi connectivity index (χ0n) is 18.8. The minimum absolute atomic E-state index is 0.326. The van der Waals surface area contributed by atoms with Crippen molar-refractivity contribution in [3.63, 3.8) is 0 Å². The van der Waals surface area contributed by atoms with Gasteiger partial charge < -0.3 is 4.74 Å². The lowest BCUT2D eigenvalue weighted by atomic mass is 10.0. The van der Waals surface area contributed by atoms with Crippen LogP contribution in [0.5, 0.6) is 0 Å². The molecule has 160 valence electrons. The van der Waals surface area contributed by atoms with Gasteiger partial charge >= 0.3 is 5.97 Å². The van der Waals surface area contributed by atoms with Gasteiger partial charge in [0.05, 0.1) is 20.6 Å². The van der Waals surface area contributed by atoms with E-state index in [1.807, 2.05) is 0 Å². The second kappa shape index (κ2) is 18.5. The number of carbonyl (C=O) groups is 1. The lowest BCUT2D eigenvalue weighted by molar-refractivity contribution is -0.907. The third kappa shape index (κ3) is 19.7. The van der Waals surface area contributed by atoms with Crippen molar-refractivity contribution in [1.82, 2.24) is 0 Å². The fraction of sp³-hybridized carbons (Fsp3) is 0.875. The maximum atomic E-state index is 11.1. The molecule has 0 unspecified atom stereocenters. The Bertz CT molecular complexity index is 352. The Kier molecular flexibility index (Phi) is 18.0. The summed E-state index contributed by atoms with van der Waals surface area (Å²) in [6.45, 7) is 7.20. The monoisotopic (exact) mass is 382 g/mol. The average molecular weight is 383 g/mol. The Morgan fingerprint density at radius 1 is 0.741 bits per heavy atom. The maximum absolute atomic E-state index is 11.1. The molecule has 0 aliphatic heterocycles. The molecule has 0 radical (unpaired) electrons. The summed E-state index contributed by atoms with van der Waals surface area (Å²) in [6.07, 6.45) is 23.5. The maximum Gasteiger partial charge on any atom is 0.334 e. The Labute approximate surface area is 170 Å². The molecule has 0 atom stereocenters. The number of hydrogen-bond donors (Lipinski definition) is 0. The van der Waals surface area contributed by atoms with Crippen LogP contribution in [0.4, 0.5) is 0 Å². The lowest BCUT2D eigenvalue weighted by Crippen LogP contribution is -2.42. The Balaban J connectivity index is 3.26. The van der Waals surface area contributed by atoms with Crippen molar-refractivity contribution in [2.75, 3.05) is 27.4 Å². The van der Waals surface area contributed by atoms with Crippen LogP contribution in [0, 0.1) is 0 Å². The molecule has 0 aromatic rings. The van der Waals surface area contributed by atoms with E-state index in [0.717, 1.165) is 11.0 Å². The van der Waals surface area contributed by atoms with E-state index in [1.165, 1.54) is 109 Å². The van der Waals surface area contributed by atoms with Crippen LogP contribution < -0.4 is 0 Å². The molecule has 0 amide bonds. The summed E-state index contributed by atoms with van der Waals surface area (Å²) in [6, 6.07) is 0. The van der Waals surface area contributed by atoms with Crippen LogP contribution in [-0.4, -0.2) is 37.8 Å². The molecule has 0 aliphatic rings. The van der Waals surface area contributed by atoms with Gasteiger partial charge in [-0.15, -0.1) is 0 Å². The van der Waals surface area contributed by atoms with Gasteiger partial charge in [-0.25, -0.2) is 4.79 Å². The van der Waals surface area contributed by atoms with Gasteiger partial charge in [0.15, 0.2) is 0 Å². The summed E-state index contributed by atoms with van der Waals surface area (Å²) in [7, 11) is 4.23. The lowest BCUT2D eigenvalue weighted by Gasteiger charge is -2.28. The highest BCUT2D eigenvalue weighted by molar-refractivity contribution is 5.81. The molecular weight excluding hydrogens is 334 g/mol. The SMILES string of the molecule is C=CC(=O)OC[N+](C)(C)CCCCCCCCCCCCCCCCCC. The van der Waals surface area contributed by atoms with Gasteiger partial charge in [0.2, 0.25) is 6.73 Å². The molecule has 0 fully saturated rings. The molecule has 0 aromatic heterocycles. The normalized spacial score (nSPS) is 11.5. The Morgan fingerprint density at radius 2 is 1.11 bits per heavy atom. The molecule has 0 rings (SSSR count). The van der Waals surface area contributed by atoms with Crippen molar-refractivity contribution in [3.8, 4) is 0 Å². The van der Waals surface area contributed by atoms with Crippen LogP contribution in [0.1, 0.15) is 110 Å². The minimum Gasteiger partial charge on any atom is -0.412 e. The molecule has 3 heteroatoms. The van der Waals surface area contributed by atoms with E-state index >= 15 is 0 Å². The zero-order chi connectivity index (χ0) is 20.2. The van der Waals surface area contributed by atoms with Crippen LogP contribution in [0.25, 0.3) is 0 Å². The molecule has 27 heavy (non-hydrogen) atoms. The first-order chi connectivity index (χ1) is 13.0. The van der Waals surface area contributed by atoms with E-state index in [2.05, 4.69) is 27.6 Å². The number of unbranched alkanes of at least 4 members (excludes halogenated alkanes) is 15. The van der Waals surface area contributed by atoms with Gasteiger partial charge in [0, 0.05) is 6.08 Å². The molecule has 0 aliphatic carbocycles. The highest BCUT2D eigenvalue weighted by Gasteiger charge is 2.15. The number of quaternary nitrogens is 1. The number of hydrogen-bond acceptors (Lipinski definition) is 2. The van der Waals surface area contributed by atoms with E-state index in [0.29, 0.717) is 6.73 Å². The number of carbonyl (C=O) groups excluding carboxylic acids is 1. The summed E-state index contributed by atoms with van der Waals surface area (Å²) in [5.41, 5.74) is 0. The topological polar surface area (TPSA) is 26.3 Å². The largest absolute Gasteiger partial charge is 0.412 e. The molecule has 0 bridgehead atoms. The molecule has 3 nitrogen and oxygen atoms in total. The van der Waals surface area contributed by atoms with Crippen molar-refractivity contribution < 1.29 is 14.0 Å². The summed E-state index contributed by atoms with van der Waals surface area (Å²) < 4.78 is 5.88. The van der Waals surface area contributed by atoms with Crippen molar-refractivity contribution in [2.45, 2.75) is 110 Å². The predicted molar refractivity (Wildman–Crippen MR) is 118 cm³/mol. The predicted octanol–water partition coefficient (Wildman–Crippen LogP) is 7.01.